The van der Waals surface area contributed by atoms with Gasteiger partial charge in [0, 0.05) is 5.02 Å². The Bertz CT molecular complexity index is 963. The largest absolute Gasteiger partial charge is 0.0843 e. The molecular formula is C24H25Cl. The lowest BCUT2D eigenvalue weighted by Crippen LogP contribution is -2.33. The third-order valence-corrected chi connectivity index (χ3v) is 6.24. The Labute approximate surface area is 155 Å². The van der Waals surface area contributed by atoms with Crippen molar-refractivity contribution < 1.29 is 0 Å². The molecule has 1 heteroatoms. The Balaban J connectivity index is 1.94. The number of hydrogen-bond donors (Lipinski definition) is 0. The van der Waals surface area contributed by atoms with Gasteiger partial charge < -0.3 is 0 Å². The molecule has 0 radical (unpaired) electrons. The van der Waals surface area contributed by atoms with Gasteiger partial charge in [0.05, 0.1) is 0 Å². The van der Waals surface area contributed by atoms with E-state index in [0.29, 0.717) is 0 Å². The van der Waals surface area contributed by atoms with Crippen molar-refractivity contribution in [3.63, 3.8) is 0 Å². The summed E-state index contributed by atoms with van der Waals surface area (Å²) in [5.74, 6) is 0. The van der Waals surface area contributed by atoms with Crippen LogP contribution in [0.1, 0.15) is 51.7 Å². The molecule has 1 aliphatic carbocycles. The molecule has 0 bridgehead atoms. The van der Waals surface area contributed by atoms with Crippen molar-refractivity contribution in [2.75, 3.05) is 0 Å². The molecule has 128 valence electrons. The fourth-order valence-corrected chi connectivity index (χ4v) is 4.44. The number of benzene rings is 3. The summed E-state index contributed by atoms with van der Waals surface area (Å²) in [6, 6.07) is 19.7. The molecule has 3 aromatic carbocycles. The Hall–Kier alpha value is -1.79. The highest BCUT2D eigenvalue weighted by Gasteiger charge is 2.36. The van der Waals surface area contributed by atoms with Gasteiger partial charge in [-0.1, -0.05) is 81.8 Å². The predicted octanol–water partition coefficient (Wildman–Crippen LogP) is 7.51. The molecule has 0 saturated carbocycles. The van der Waals surface area contributed by atoms with Gasteiger partial charge in [-0.15, -0.1) is 0 Å². The number of fused-ring (bicyclic) bond motifs is 2. The van der Waals surface area contributed by atoms with Crippen LogP contribution in [0.15, 0.2) is 54.6 Å². The highest BCUT2D eigenvalue weighted by atomic mass is 35.5. The van der Waals surface area contributed by atoms with E-state index >= 15 is 0 Å². The summed E-state index contributed by atoms with van der Waals surface area (Å²) in [7, 11) is 0. The van der Waals surface area contributed by atoms with Crippen LogP contribution in [0.2, 0.25) is 5.02 Å². The molecule has 0 spiro atoms. The molecule has 4 rings (SSSR count). The van der Waals surface area contributed by atoms with Crippen LogP contribution in [-0.2, 0) is 10.8 Å². The molecule has 0 nitrogen and oxygen atoms in total. The molecule has 25 heavy (non-hydrogen) atoms. The van der Waals surface area contributed by atoms with E-state index in [1.165, 1.54) is 45.9 Å². The standard InChI is InChI=1S/C24H25Cl/c1-23(2)12-13-24(3,4)22-15-17(8-11-21(22)23)19-7-5-6-16-14-18(25)9-10-20(16)19/h5-11,14-15H,12-13H2,1-4H3. The third kappa shape index (κ3) is 2.77. The summed E-state index contributed by atoms with van der Waals surface area (Å²) in [6.45, 7) is 9.52. The smallest absolute Gasteiger partial charge is 0.0412 e. The van der Waals surface area contributed by atoms with E-state index in [1.807, 2.05) is 12.1 Å². The van der Waals surface area contributed by atoms with Crippen LogP contribution in [-0.4, -0.2) is 0 Å². The predicted molar refractivity (Wildman–Crippen MR) is 110 cm³/mol. The lowest BCUT2D eigenvalue weighted by Gasteiger charge is -2.42. The van der Waals surface area contributed by atoms with Crippen LogP contribution in [0.5, 0.6) is 0 Å². The molecule has 0 aromatic heterocycles. The van der Waals surface area contributed by atoms with Crippen LogP contribution in [0.3, 0.4) is 0 Å². The maximum absolute atomic E-state index is 6.18. The zero-order valence-electron chi connectivity index (χ0n) is 15.5. The highest BCUT2D eigenvalue weighted by Crippen LogP contribution is 2.47. The monoisotopic (exact) mass is 348 g/mol. The van der Waals surface area contributed by atoms with Gasteiger partial charge in [-0.05, 0) is 68.8 Å². The summed E-state index contributed by atoms with van der Waals surface area (Å²) < 4.78 is 0. The second-order valence-corrected chi connectivity index (χ2v) is 9.14. The third-order valence-electron chi connectivity index (χ3n) is 6.01. The number of halogens is 1. The van der Waals surface area contributed by atoms with Gasteiger partial charge in [0.1, 0.15) is 0 Å². The first-order chi connectivity index (χ1) is 11.8. The van der Waals surface area contributed by atoms with Crippen LogP contribution >= 0.6 is 11.6 Å². The average Bonchev–Trinajstić information content (AvgIpc) is 2.58. The van der Waals surface area contributed by atoms with Crippen LogP contribution < -0.4 is 0 Å². The summed E-state index contributed by atoms with van der Waals surface area (Å²) in [5.41, 5.74) is 6.10. The van der Waals surface area contributed by atoms with Gasteiger partial charge in [0.2, 0.25) is 0 Å². The summed E-state index contributed by atoms with van der Waals surface area (Å²) in [5, 5.41) is 3.25. The maximum Gasteiger partial charge on any atom is 0.0412 e. The van der Waals surface area contributed by atoms with E-state index in [2.05, 4.69) is 70.2 Å². The first-order valence-corrected chi connectivity index (χ1v) is 9.49. The van der Waals surface area contributed by atoms with Crippen molar-refractivity contribution in [2.45, 2.75) is 51.4 Å². The van der Waals surface area contributed by atoms with Gasteiger partial charge in [-0.3, -0.25) is 0 Å². The average molecular weight is 349 g/mol. The van der Waals surface area contributed by atoms with Crippen molar-refractivity contribution >= 4 is 22.4 Å². The zero-order chi connectivity index (χ0) is 17.8. The molecule has 0 unspecified atom stereocenters. The van der Waals surface area contributed by atoms with E-state index in [0.717, 1.165) is 5.02 Å². The topological polar surface area (TPSA) is 0 Å². The van der Waals surface area contributed by atoms with E-state index < -0.39 is 0 Å². The van der Waals surface area contributed by atoms with Gasteiger partial charge in [-0.2, -0.15) is 0 Å². The number of rotatable bonds is 1. The molecular weight excluding hydrogens is 324 g/mol. The summed E-state index contributed by atoms with van der Waals surface area (Å²) in [4.78, 5) is 0. The molecule has 0 atom stereocenters. The first-order valence-electron chi connectivity index (χ1n) is 9.12. The SMILES string of the molecule is CC1(C)CCC(C)(C)c2cc(-c3cccc4cc(Cl)ccc34)ccc21. The van der Waals surface area contributed by atoms with Crippen molar-refractivity contribution in [3.05, 3.63) is 70.7 Å². The Morgan fingerprint density at radius 1 is 0.760 bits per heavy atom. The van der Waals surface area contributed by atoms with E-state index in [1.54, 1.807) is 0 Å². The fraction of sp³-hybridized carbons (Fsp3) is 0.333. The summed E-state index contributed by atoms with van der Waals surface area (Å²) in [6.07, 6.45) is 2.49. The molecule has 0 N–H and O–H groups in total. The minimum atomic E-state index is 0.231. The Morgan fingerprint density at radius 2 is 1.48 bits per heavy atom. The normalized spacial score (nSPS) is 18.1. The molecule has 0 amide bonds. The van der Waals surface area contributed by atoms with Crippen molar-refractivity contribution in [1.29, 1.82) is 0 Å². The molecule has 3 aromatic rings. The van der Waals surface area contributed by atoms with Gasteiger partial charge in [-0.25, -0.2) is 0 Å². The number of hydrogen-bond acceptors (Lipinski definition) is 0. The lowest BCUT2D eigenvalue weighted by atomic mass is 9.63. The second-order valence-electron chi connectivity index (χ2n) is 8.70. The minimum absolute atomic E-state index is 0.231. The zero-order valence-corrected chi connectivity index (χ0v) is 16.2. The Morgan fingerprint density at radius 3 is 2.24 bits per heavy atom. The van der Waals surface area contributed by atoms with Crippen molar-refractivity contribution in [3.8, 4) is 11.1 Å². The molecule has 1 aliphatic rings. The molecule has 0 fully saturated rings. The fourth-order valence-electron chi connectivity index (χ4n) is 4.26. The lowest BCUT2D eigenvalue weighted by molar-refractivity contribution is 0.332. The first kappa shape index (κ1) is 16.7. The minimum Gasteiger partial charge on any atom is -0.0843 e. The highest BCUT2D eigenvalue weighted by molar-refractivity contribution is 6.31. The quantitative estimate of drug-likeness (QED) is 0.426. The van der Waals surface area contributed by atoms with Gasteiger partial charge in [0.15, 0.2) is 0 Å². The second kappa shape index (κ2) is 5.61. The molecule has 0 heterocycles. The maximum atomic E-state index is 6.18. The Kier molecular flexibility index (Phi) is 3.74. The van der Waals surface area contributed by atoms with Crippen LogP contribution in [0.25, 0.3) is 21.9 Å². The van der Waals surface area contributed by atoms with Gasteiger partial charge >= 0.3 is 0 Å². The van der Waals surface area contributed by atoms with E-state index in [9.17, 15) is 0 Å². The van der Waals surface area contributed by atoms with E-state index in [-0.39, 0.29) is 10.8 Å². The molecule has 0 aliphatic heterocycles. The van der Waals surface area contributed by atoms with Crippen LogP contribution in [0.4, 0.5) is 0 Å². The van der Waals surface area contributed by atoms with Crippen LogP contribution in [0, 0.1) is 0 Å². The van der Waals surface area contributed by atoms with Crippen molar-refractivity contribution in [1.82, 2.24) is 0 Å². The molecule has 0 saturated heterocycles. The van der Waals surface area contributed by atoms with E-state index in [4.69, 9.17) is 11.6 Å². The van der Waals surface area contributed by atoms with Gasteiger partial charge in [0.25, 0.3) is 0 Å². The van der Waals surface area contributed by atoms with Crippen molar-refractivity contribution in [2.24, 2.45) is 0 Å². The summed E-state index contributed by atoms with van der Waals surface area (Å²) >= 11 is 6.18.